The van der Waals surface area contributed by atoms with Crippen molar-refractivity contribution in [3.05, 3.63) is 70.1 Å². The molecule has 0 aliphatic heterocycles. The summed E-state index contributed by atoms with van der Waals surface area (Å²) in [5.41, 5.74) is 2.81. The zero-order valence-electron chi connectivity index (χ0n) is 16.2. The summed E-state index contributed by atoms with van der Waals surface area (Å²) in [6, 6.07) is 14.6. The van der Waals surface area contributed by atoms with Crippen LogP contribution in [-0.2, 0) is 4.74 Å². The summed E-state index contributed by atoms with van der Waals surface area (Å²) in [5, 5.41) is 0.867. The van der Waals surface area contributed by atoms with Gasteiger partial charge in [0, 0.05) is 5.39 Å². The highest BCUT2D eigenvalue weighted by molar-refractivity contribution is 5.91. The van der Waals surface area contributed by atoms with Gasteiger partial charge in [-0.15, -0.1) is 0 Å². The molecule has 144 valence electrons. The average molecular weight is 376 g/mol. The van der Waals surface area contributed by atoms with Crippen LogP contribution in [0.25, 0.3) is 22.1 Å². The molecule has 0 bridgehead atoms. The highest BCUT2D eigenvalue weighted by atomic mass is 16.5. The molecule has 4 heteroatoms. The van der Waals surface area contributed by atoms with Crippen LogP contribution in [0.3, 0.4) is 0 Å². The van der Waals surface area contributed by atoms with E-state index in [-0.39, 0.29) is 17.7 Å². The van der Waals surface area contributed by atoms with Crippen molar-refractivity contribution >= 4 is 16.9 Å². The Balaban J connectivity index is 1.60. The van der Waals surface area contributed by atoms with Crippen LogP contribution >= 0.6 is 0 Å². The summed E-state index contributed by atoms with van der Waals surface area (Å²) in [5.74, 6) is 0.307. The first-order valence-corrected chi connectivity index (χ1v) is 9.86. The van der Waals surface area contributed by atoms with Crippen LogP contribution in [0, 0.1) is 12.8 Å². The van der Waals surface area contributed by atoms with E-state index >= 15 is 0 Å². The van der Waals surface area contributed by atoms with E-state index in [0.717, 1.165) is 35.8 Å². The van der Waals surface area contributed by atoms with E-state index in [0.29, 0.717) is 22.6 Å². The summed E-state index contributed by atoms with van der Waals surface area (Å²) in [4.78, 5) is 25.0. The first kappa shape index (κ1) is 18.5. The molecule has 1 saturated carbocycles. The molecule has 1 aliphatic rings. The minimum Gasteiger partial charge on any atom is -0.459 e. The molecule has 1 heterocycles. The Kier molecular flexibility index (Phi) is 5.03. The van der Waals surface area contributed by atoms with Crippen molar-refractivity contribution in [2.45, 2.75) is 45.6 Å². The summed E-state index contributed by atoms with van der Waals surface area (Å²) < 4.78 is 11.2. The van der Waals surface area contributed by atoms with Gasteiger partial charge >= 0.3 is 11.6 Å². The number of aryl methyl sites for hydroxylation is 1. The molecule has 0 saturated heterocycles. The van der Waals surface area contributed by atoms with Crippen LogP contribution in [0.15, 0.2) is 57.7 Å². The Hall–Kier alpha value is -2.88. The maximum absolute atomic E-state index is 12.6. The number of ether oxygens (including phenoxy) is 1. The normalized spacial score (nSPS) is 19.5. The van der Waals surface area contributed by atoms with Gasteiger partial charge in [-0.3, -0.25) is 0 Å². The molecule has 0 N–H and O–H groups in total. The average Bonchev–Trinajstić information content (AvgIpc) is 2.67. The number of fused-ring (bicyclic) bond motifs is 1. The molecule has 1 aromatic heterocycles. The third-order valence-corrected chi connectivity index (χ3v) is 5.56. The van der Waals surface area contributed by atoms with Crippen LogP contribution in [0.2, 0.25) is 0 Å². The van der Waals surface area contributed by atoms with Crippen LogP contribution in [0.4, 0.5) is 0 Å². The van der Waals surface area contributed by atoms with E-state index < -0.39 is 0 Å². The van der Waals surface area contributed by atoms with Crippen LogP contribution in [-0.4, -0.2) is 12.1 Å². The van der Waals surface area contributed by atoms with Crippen LogP contribution < -0.4 is 5.63 Å². The third kappa shape index (κ3) is 3.72. The second-order valence-electron chi connectivity index (χ2n) is 7.81. The van der Waals surface area contributed by atoms with Gasteiger partial charge in [0.15, 0.2) is 0 Å². The first-order valence-electron chi connectivity index (χ1n) is 9.86. The summed E-state index contributed by atoms with van der Waals surface area (Å²) >= 11 is 0. The summed E-state index contributed by atoms with van der Waals surface area (Å²) in [6.45, 7) is 4.09. The maximum Gasteiger partial charge on any atom is 0.344 e. The zero-order valence-corrected chi connectivity index (χ0v) is 16.2. The van der Waals surface area contributed by atoms with Crippen molar-refractivity contribution in [1.29, 1.82) is 0 Å². The number of hydrogen-bond acceptors (Lipinski definition) is 4. The lowest BCUT2D eigenvalue weighted by Gasteiger charge is -2.26. The number of rotatable bonds is 3. The highest BCUT2D eigenvalue weighted by Crippen LogP contribution is 2.28. The van der Waals surface area contributed by atoms with Crippen molar-refractivity contribution in [3.8, 4) is 11.1 Å². The summed E-state index contributed by atoms with van der Waals surface area (Å²) in [6.07, 6.45) is 4.18. The predicted octanol–water partition coefficient (Wildman–Crippen LogP) is 5.50. The molecule has 2 aromatic carbocycles. The lowest BCUT2D eigenvalue weighted by Crippen LogP contribution is -2.24. The summed E-state index contributed by atoms with van der Waals surface area (Å²) in [7, 11) is 0. The molecule has 4 rings (SSSR count). The van der Waals surface area contributed by atoms with Gasteiger partial charge in [-0.2, -0.15) is 0 Å². The molecule has 1 fully saturated rings. The number of carbonyl (C=O) groups excluding carboxylic acids is 1. The zero-order chi connectivity index (χ0) is 19.7. The van der Waals surface area contributed by atoms with Crippen molar-refractivity contribution in [1.82, 2.24) is 0 Å². The Morgan fingerprint density at radius 1 is 1.07 bits per heavy atom. The van der Waals surface area contributed by atoms with E-state index in [1.165, 1.54) is 6.42 Å². The Morgan fingerprint density at radius 3 is 2.68 bits per heavy atom. The largest absolute Gasteiger partial charge is 0.459 e. The van der Waals surface area contributed by atoms with Gasteiger partial charge in [-0.1, -0.05) is 37.6 Å². The molecule has 3 aromatic rings. The Labute approximate surface area is 164 Å². The van der Waals surface area contributed by atoms with E-state index in [1.807, 2.05) is 31.2 Å². The number of esters is 1. The van der Waals surface area contributed by atoms with Crippen molar-refractivity contribution in [2.75, 3.05) is 0 Å². The van der Waals surface area contributed by atoms with E-state index in [1.54, 1.807) is 24.3 Å². The fraction of sp³-hybridized carbons (Fsp3) is 0.333. The SMILES string of the molecule is Cc1cc(C(=O)O[C@@H]2CCC[C@@H](C)C2)ccc1-c1cc2ccccc2oc1=O. The van der Waals surface area contributed by atoms with Crippen LogP contribution in [0.5, 0.6) is 0 Å². The Bertz CT molecular complexity index is 1080. The van der Waals surface area contributed by atoms with Crippen LogP contribution in [0.1, 0.15) is 48.5 Å². The topological polar surface area (TPSA) is 56.5 Å². The lowest BCUT2D eigenvalue weighted by atomic mass is 9.88. The lowest BCUT2D eigenvalue weighted by molar-refractivity contribution is 0.0155. The smallest absolute Gasteiger partial charge is 0.344 e. The van der Waals surface area contributed by atoms with Gasteiger partial charge in [0.05, 0.1) is 11.1 Å². The van der Waals surface area contributed by atoms with Gasteiger partial charge in [0.2, 0.25) is 0 Å². The van der Waals surface area contributed by atoms with Crippen molar-refractivity contribution in [3.63, 3.8) is 0 Å². The molecule has 4 nitrogen and oxygen atoms in total. The van der Waals surface area contributed by atoms with Crippen molar-refractivity contribution < 1.29 is 13.9 Å². The van der Waals surface area contributed by atoms with Gasteiger partial charge in [0.1, 0.15) is 11.7 Å². The molecule has 1 aliphatic carbocycles. The number of para-hydroxylation sites is 1. The fourth-order valence-electron chi connectivity index (χ4n) is 4.05. The molecule has 0 radical (unpaired) electrons. The second kappa shape index (κ2) is 7.63. The number of carbonyl (C=O) groups is 1. The molecular formula is C24H24O4. The van der Waals surface area contributed by atoms with Gasteiger partial charge in [0.25, 0.3) is 0 Å². The predicted molar refractivity (Wildman–Crippen MR) is 109 cm³/mol. The quantitative estimate of drug-likeness (QED) is 0.447. The first-order chi connectivity index (χ1) is 13.5. The van der Waals surface area contributed by atoms with Crippen molar-refractivity contribution in [2.24, 2.45) is 5.92 Å². The molecule has 0 spiro atoms. The maximum atomic E-state index is 12.6. The minimum absolute atomic E-state index is 0.00349. The van der Waals surface area contributed by atoms with E-state index in [9.17, 15) is 9.59 Å². The minimum atomic E-state index is -0.381. The van der Waals surface area contributed by atoms with Gasteiger partial charge in [-0.25, -0.2) is 9.59 Å². The number of hydrogen-bond donors (Lipinski definition) is 0. The fourth-order valence-corrected chi connectivity index (χ4v) is 4.05. The standard InChI is InChI=1S/C24H24O4/c1-15-6-5-8-19(12-15)27-23(25)18-10-11-20(16(2)13-18)21-14-17-7-3-4-9-22(17)28-24(21)26/h3-4,7,9-11,13-15,19H,5-6,8,12H2,1-2H3/t15-,19-/m1/s1. The second-order valence-corrected chi connectivity index (χ2v) is 7.81. The number of benzene rings is 2. The van der Waals surface area contributed by atoms with E-state index in [4.69, 9.17) is 9.15 Å². The molecular weight excluding hydrogens is 352 g/mol. The molecule has 2 atom stereocenters. The monoisotopic (exact) mass is 376 g/mol. The highest BCUT2D eigenvalue weighted by Gasteiger charge is 2.23. The Morgan fingerprint density at radius 2 is 1.89 bits per heavy atom. The third-order valence-electron chi connectivity index (χ3n) is 5.56. The molecule has 0 amide bonds. The van der Waals surface area contributed by atoms with Gasteiger partial charge < -0.3 is 9.15 Å². The van der Waals surface area contributed by atoms with E-state index in [2.05, 4.69) is 6.92 Å². The molecule has 0 unspecified atom stereocenters. The van der Waals surface area contributed by atoms with Gasteiger partial charge in [-0.05, 0) is 67.5 Å². The molecule has 28 heavy (non-hydrogen) atoms.